The van der Waals surface area contributed by atoms with Crippen molar-refractivity contribution in [1.82, 2.24) is 5.32 Å². The van der Waals surface area contributed by atoms with E-state index in [2.05, 4.69) is 5.32 Å². The predicted octanol–water partition coefficient (Wildman–Crippen LogP) is 2.54. The fourth-order valence-electron chi connectivity index (χ4n) is 3.38. The van der Waals surface area contributed by atoms with E-state index in [0.717, 1.165) is 5.56 Å². The van der Waals surface area contributed by atoms with Crippen LogP contribution in [0.3, 0.4) is 0 Å². The fraction of sp³-hybridized carbons (Fsp3) is 0.318. The van der Waals surface area contributed by atoms with Crippen LogP contribution < -0.4 is 15.0 Å². The molecule has 2 aromatic rings. The summed E-state index contributed by atoms with van der Waals surface area (Å²) in [7, 11) is 1.58. The number of esters is 1. The number of anilines is 1. The first-order valence-corrected chi connectivity index (χ1v) is 9.51. The van der Waals surface area contributed by atoms with Crippen molar-refractivity contribution < 1.29 is 23.9 Å². The lowest BCUT2D eigenvalue weighted by Crippen LogP contribution is -2.33. The summed E-state index contributed by atoms with van der Waals surface area (Å²) in [5.74, 6) is -0.688. The Balaban J connectivity index is 1.69. The molecule has 0 radical (unpaired) electrons. The summed E-state index contributed by atoms with van der Waals surface area (Å²) in [5, 5.41) is 2.88. The molecule has 2 amide bonds. The number of hydrogen-bond donors (Lipinski definition) is 1. The number of para-hydroxylation sites is 2. The number of amides is 2. The molecule has 1 fully saturated rings. The summed E-state index contributed by atoms with van der Waals surface area (Å²) in [6, 6.07) is 14.2. The maximum absolute atomic E-state index is 12.6. The van der Waals surface area contributed by atoms with Gasteiger partial charge in [-0.15, -0.1) is 0 Å². The number of benzene rings is 2. The largest absolute Gasteiger partial charge is 0.496 e. The molecule has 1 saturated heterocycles. The number of nitrogens with zero attached hydrogens (tertiary/aromatic N) is 1. The van der Waals surface area contributed by atoms with Crippen LogP contribution in [0.5, 0.6) is 5.75 Å². The van der Waals surface area contributed by atoms with Crippen LogP contribution in [0.1, 0.15) is 29.3 Å². The highest BCUT2D eigenvalue weighted by Gasteiger charge is 2.36. The van der Waals surface area contributed by atoms with Crippen LogP contribution in [0.15, 0.2) is 48.5 Å². The molecule has 152 valence electrons. The predicted molar refractivity (Wildman–Crippen MR) is 108 cm³/mol. The average Bonchev–Trinajstić information content (AvgIpc) is 3.14. The van der Waals surface area contributed by atoms with E-state index in [9.17, 15) is 14.4 Å². The van der Waals surface area contributed by atoms with Gasteiger partial charge in [0.05, 0.1) is 30.9 Å². The number of carbonyl (C=O) groups excluding carboxylic acids is 3. The van der Waals surface area contributed by atoms with E-state index in [1.165, 1.54) is 4.90 Å². The van der Waals surface area contributed by atoms with Gasteiger partial charge in [-0.25, -0.2) is 4.79 Å². The van der Waals surface area contributed by atoms with Crippen LogP contribution in [0, 0.1) is 5.92 Å². The molecule has 0 spiro atoms. The molecule has 1 heterocycles. The summed E-state index contributed by atoms with van der Waals surface area (Å²) in [5.41, 5.74) is 1.64. The molecule has 0 aromatic heterocycles. The summed E-state index contributed by atoms with van der Waals surface area (Å²) < 4.78 is 10.4. The van der Waals surface area contributed by atoms with Gasteiger partial charge < -0.3 is 19.7 Å². The van der Waals surface area contributed by atoms with Crippen molar-refractivity contribution in [3.05, 3.63) is 59.7 Å². The number of rotatable bonds is 7. The van der Waals surface area contributed by atoms with E-state index < -0.39 is 11.9 Å². The molecule has 1 atom stereocenters. The standard InChI is InChI=1S/C22H24N2O5/c1-3-29-22(27)17-9-5-6-10-18(17)24-14-16(12-20(24)25)21(26)23-13-15-8-4-7-11-19(15)28-2/h4-11,16H,3,12-14H2,1-2H3,(H,23,26). The van der Waals surface area contributed by atoms with Crippen molar-refractivity contribution in [3.63, 3.8) is 0 Å². The van der Waals surface area contributed by atoms with Crippen molar-refractivity contribution in [2.24, 2.45) is 5.92 Å². The quantitative estimate of drug-likeness (QED) is 0.727. The highest BCUT2D eigenvalue weighted by Crippen LogP contribution is 2.29. The third-order valence-corrected chi connectivity index (χ3v) is 4.83. The minimum Gasteiger partial charge on any atom is -0.496 e. The Morgan fingerprint density at radius 1 is 1.14 bits per heavy atom. The summed E-state index contributed by atoms with van der Waals surface area (Å²) >= 11 is 0. The molecule has 1 N–H and O–H groups in total. The maximum atomic E-state index is 12.6. The van der Waals surface area contributed by atoms with Crippen molar-refractivity contribution in [2.45, 2.75) is 19.9 Å². The van der Waals surface area contributed by atoms with E-state index >= 15 is 0 Å². The van der Waals surface area contributed by atoms with Gasteiger partial charge in [-0.3, -0.25) is 9.59 Å². The number of nitrogens with one attached hydrogen (secondary N) is 1. The minimum absolute atomic E-state index is 0.0922. The lowest BCUT2D eigenvalue weighted by atomic mass is 10.1. The monoisotopic (exact) mass is 396 g/mol. The minimum atomic E-state index is -0.493. The van der Waals surface area contributed by atoms with Crippen LogP contribution >= 0.6 is 0 Å². The van der Waals surface area contributed by atoms with Gasteiger partial charge >= 0.3 is 5.97 Å². The van der Waals surface area contributed by atoms with Crippen LogP contribution in [-0.2, 0) is 20.9 Å². The van der Waals surface area contributed by atoms with Gasteiger partial charge in [0.1, 0.15) is 5.75 Å². The third kappa shape index (κ3) is 4.56. The Bertz CT molecular complexity index is 912. The van der Waals surface area contributed by atoms with Crippen LogP contribution in [0.4, 0.5) is 5.69 Å². The normalized spacial score (nSPS) is 15.9. The molecule has 3 rings (SSSR count). The lowest BCUT2D eigenvalue weighted by Gasteiger charge is -2.19. The fourth-order valence-corrected chi connectivity index (χ4v) is 3.38. The van der Waals surface area contributed by atoms with E-state index in [0.29, 0.717) is 23.5 Å². The van der Waals surface area contributed by atoms with Gasteiger partial charge in [0, 0.05) is 25.1 Å². The smallest absolute Gasteiger partial charge is 0.340 e. The van der Waals surface area contributed by atoms with E-state index in [1.54, 1.807) is 38.3 Å². The Kier molecular flexibility index (Phi) is 6.49. The van der Waals surface area contributed by atoms with Crippen LogP contribution in [-0.4, -0.2) is 38.0 Å². The first kappa shape index (κ1) is 20.4. The zero-order valence-electron chi connectivity index (χ0n) is 16.5. The molecule has 1 unspecified atom stereocenters. The SMILES string of the molecule is CCOC(=O)c1ccccc1N1CC(C(=O)NCc2ccccc2OC)CC1=O. The number of methoxy groups -OCH3 is 1. The van der Waals surface area contributed by atoms with Crippen molar-refractivity contribution in [1.29, 1.82) is 0 Å². The number of hydrogen-bond acceptors (Lipinski definition) is 5. The molecule has 7 nitrogen and oxygen atoms in total. The number of ether oxygens (including phenoxy) is 2. The second-order valence-corrected chi connectivity index (χ2v) is 6.67. The van der Waals surface area contributed by atoms with E-state index in [4.69, 9.17) is 9.47 Å². The van der Waals surface area contributed by atoms with Gasteiger partial charge in [0.25, 0.3) is 0 Å². The zero-order chi connectivity index (χ0) is 20.8. The van der Waals surface area contributed by atoms with Gasteiger partial charge in [0.15, 0.2) is 0 Å². The van der Waals surface area contributed by atoms with Gasteiger partial charge in [-0.05, 0) is 25.1 Å². The molecular weight excluding hydrogens is 372 g/mol. The average molecular weight is 396 g/mol. The van der Waals surface area contributed by atoms with Gasteiger partial charge in [-0.1, -0.05) is 30.3 Å². The highest BCUT2D eigenvalue weighted by atomic mass is 16.5. The van der Waals surface area contributed by atoms with Crippen LogP contribution in [0.25, 0.3) is 0 Å². The Labute approximate surface area is 169 Å². The van der Waals surface area contributed by atoms with Crippen LogP contribution in [0.2, 0.25) is 0 Å². The third-order valence-electron chi connectivity index (χ3n) is 4.83. The first-order chi connectivity index (χ1) is 14.0. The van der Waals surface area contributed by atoms with Crippen molar-refractivity contribution in [3.8, 4) is 5.75 Å². The molecule has 0 saturated carbocycles. The van der Waals surface area contributed by atoms with E-state index in [1.807, 2.05) is 24.3 Å². The molecule has 0 bridgehead atoms. The molecule has 1 aliphatic rings. The lowest BCUT2D eigenvalue weighted by molar-refractivity contribution is -0.126. The molecular formula is C22H24N2O5. The Morgan fingerprint density at radius 2 is 1.86 bits per heavy atom. The second-order valence-electron chi connectivity index (χ2n) is 6.67. The molecule has 1 aliphatic heterocycles. The summed E-state index contributed by atoms with van der Waals surface area (Å²) in [6.07, 6.45) is 0.0922. The van der Waals surface area contributed by atoms with Gasteiger partial charge in [-0.2, -0.15) is 0 Å². The molecule has 29 heavy (non-hydrogen) atoms. The van der Waals surface area contributed by atoms with E-state index in [-0.39, 0.29) is 31.4 Å². The maximum Gasteiger partial charge on any atom is 0.340 e. The molecule has 0 aliphatic carbocycles. The highest BCUT2D eigenvalue weighted by molar-refractivity contribution is 6.05. The number of carbonyl (C=O) groups is 3. The second kappa shape index (κ2) is 9.23. The summed E-state index contributed by atoms with van der Waals surface area (Å²) in [4.78, 5) is 38.9. The topological polar surface area (TPSA) is 84.9 Å². The Hall–Kier alpha value is -3.35. The van der Waals surface area contributed by atoms with Crippen molar-refractivity contribution >= 4 is 23.5 Å². The van der Waals surface area contributed by atoms with Gasteiger partial charge in [0.2, 0.25) is 11.8 Å². The zero-order valence-corrected chi connectivity index (χ0v) is 16.5. The summed E-state index contributed by atoms with van der Waals surface area (Å²) in [6.45, 7) is 2.50. The molecule has 7 heteroatoms. The molecule has 2 aromatic carbocycles. The van der Waals surface area contributed by atoms with Crippen molar-refractivity contribution in [2.75, 3.05) is 25.2 Å². The first-order valence-electron chi connectivity index (χ1n) is 9.51. The Morgan fingerprint density at radius 3 is 2.62 bits per heavy atom.